The molecule has 0 aliphatic carbocycles. The second kappa shape index (κ2) is 5.77. The first-order valence-corrected chi connectivity index (χ1v) is 7.65. The van der Waals surface area contributed by atoms with Crippen LogP contribution in [0.5, 0.6) is 0 Å². The summed E-state index contributed by atoms with van der Waals surface area (Å²) in [5.41, 5.74) is 0. The first-order valence-electron chi connectivity index (χ1n) is 7.65. The molecule has 2 bridgehead atoms. The molecule has 0 spiro atoms. The van der Waals surface area contributed by atoms with E-state index in [-0.39, 0.29) is 12.0 Å². The van der Waals surface area contributed by atoms with Crippen molar-refractivity contribution in [3.05, 3.63) is 0 Å². The number of piperidine rings is 1. The maximum atomic E-state index is 12.3. The Labute approximate surface area is 115 Å². The lowest BCUT2D eigenvalue weighted by Crippen LogP contribution is -2.54. The van der Waals surface area contributed by atoms with Gasteiger partial charge in [0.1, 0.15) is 6.10 Å². The number of hydrogen-bond acceptors (Lipinski definition) is 4. The number of ether oxygens (including phenoxy) is 1. The quantitative estimate of drug-likeness (QED) is 0.762. The fourth-order valence-electron chi connectivity index (χ4n) is 3.62. The van der Waals surface area contributed by atoms with Crippen LogP contribution in [0.25, 0.3) is 0 Å². The Morgan fingerprint density at radius 3 is 2.79 bits per heavy atom. The molecular weight excluding hydrogens is 242 g/mol. The summed E-state index contributed by atoms with van der Waals surface area (Å²) in [6.45, 7) is 5.47. The molecule has 0 aromatic rings. The van der Waals surface area contributed by atoms with E-state index in [4.69, 9.17) is 4.74 Å². The summed E-state index contributed by atoms with van der Waals surface area (Å²) in [7, 11) is 0. The molecule has 3 heterocycles. The molecule has 0 aromatic carbocycles. The molecule has 3 fully saturated rings. The molecule has 5 nitrogen and oxygen atoms in total. The predicted octanol–water partition coefficient (Wildman–Crippen LogP) is 0.106. The number of carbonyl (C=O) groups excluding carboxylic acids is 1. The normalized spacial score (nSPS) is 39.2. The third-order valence-corrected chi connectivity index (χ3v) is 4.71. The fourth-order valence-corrected chi connectivity index (χ4v) is 3.62. The number of carbonyl (C=O) groups is 1. The van der Waals surface area contributed by atoms with Gasteiger partial charge in [0.05, 0.1) is 6.61 Å². The van der Waals surface area contributed by atoms with Crippen LogP contribution in [-0.4, -0.2) is 61.3 Å². The molecule has 3 rings (SSSR count). The third-order valence-electron chi connectivity index (χ3n) is 4.71. The predicted molar refractivity (Wildman–Crippen MR) is 73.0 cm³/mol. The number of morpholine rings is 1. The highest BCUT2D eigenvalue weighted by Crippen LogP contribution is 2.26. The van der Waals surface area contributed by atoms with Crippen molar-refractivity contribution in [1.82, 2.24) is 15.5 Å². The standard InChI is InChI=1S/C14H25N3O2/c1-2-17-5-6-19-13(9-17)14(18)16-12-7-10-3-4-11(8-12)15-10/h10-13,15H,2-9H2,1H3,(H,16,18). The summed E-state index contributed by atoms with van der Waals surface area (Å²) in [5, 5.41) is 6.80. The monoisotopic (exact) mass is 267 g/mol. The maximum Gasteiger partial charge on any atom is 0.250 e. The van der Waals surface area contributed by atoms with Crippen molar-refractivity contribution in [3.8, 4) is 0 Å². The van der Waals surface area contributed by atoms with Crippen LogP contribution in [0.15, 0.2) is 0 Å². The topological polar surface area (TPSA) is 53.6 Å². The number of amides is 1. The molecular formula is C14H25N3O2. The highest BCUT2D eigenvalue weighted by Gasteiger charge is 2.35. The van der Waals surface area contributed by atoms with E-state index in [9.17, 15) is 4.79 Å². The van der Waals surface area contributed by atoms with Gasteiger partial charge in [-0.15, -0.1) is 0 Å². The molecule has 108 valence electrons. The number of fused-ring (bicyclic) bond motifs is 2. The molecule has 3 aliphatic rings. The van der Waals surface area contributed by atoms with Gasteiger partial charge in [-0.3, -0.25) is 9.69 Å². The lowest BCUT2D eigenvalue weighted by Gasteiger charge is -2.34. The highest BCUT2D eigenvalue weighted by molar-refractivity contribution is 5.81. The summed E-state index contributed by atoms with van der Waals surface area (Å²) < 4.78 is 5.61. The Bertz CT molecular complexity index is 325. The van der Waals surface area contributed by atoms with Crippen LogP contribution in [0, 0.1) is 0 Å². The van der Waals surface area contributed by atoms with Crippen LogP contribution in [0.1, 0.15) is 32.6 Å². The van der Waals surface area contributed by atoms with Gasteiger partial charge < -0.3 is 15.4 Å². The van der Waals surface area contributed by atoms with Gasteiger partial charge in [-0.05, 0) is 32.2 Å². The van der Waals surface area contributed by atoms with E-state index in [2.05, 4.69) is 22.5 Å². The Morgan fingerprint density at radius 1 is 1.37 bits per heavy atom. The van der Waals surface area contributed by atoms with Crippen molar-refractivity contribution in [3.63, 3.8) is 0 Å². The molecule has 19 heavy (non-hydrogen) atoms. The summed E-state index contributed by atoms with van der Waals surface area (Å²) in [5.74, 6) is 0.0875. The van der Waals surface area contributed by atoms with Gasteiger partial charge in [0.25, 0.3) is 5.91 Å². The summed E-state index contributed by atoms with van der Waals surface area (Å²) in [6.07, 6.45) is 4.40. The Morgan fingerprint density at radius 2 is 2.11 bits per heavy atom. The van der Waals surface area contributed by atoms with E-state index >= 15 is 0 Å². The lowest BCUT2D eigenvalue weighted by atomic mass is 9.99. The minimum atomic E-state index is -0.277. The average Bonchev–Trinajstić information content (AvgIpc) is 2.78. The molecule has 1 amide bonds. The number of nitrogens with zero attached hydrogens (tertiary/aromatic N) is 1. The summed E-state index contributed by atoms with van der Waals surface area (Å²) in [6, 6.07) is 1.57. The minimum absolute atomic E-state index is 0.0875. The molecule has 3 atom stereocenters. The van der Waals surface area contributed by atoms with E-state index in [1.54, 1.807) is 0 Å². The Kier molecular flexibility index (Phi) is 4.05. The number of rotatable bonds is 3. The van der Waals surface area contributed by atoms with Gasteiger partial charge >= 0.3 is 0 Å². The zero-order valence-corrected chi connectivity index (χ0v) is 11.7. The van der Waals surface area contributed by atoms with Crippen LogP contribution in [0.4, 0.5) is 0 Å². The largest absolute Gasteiger partial charge is 0.366 e. The van der Waals surface area contributed by atoms with Crippen LogP contribution < -0.4 is 10.6 Å². The average molecular weight is 267 g/mol. The lowest BCUT2D eigenvalue weighted by molar-refractivity contribution is -0.139. The molecule has 0 radical (unpaired) electrons. The number of likely N-dealkylation sites (N-methyl/N-ethyl adjacent to an activating group) is 1. The Hall–Kier alpha value is -0.650. The van der Waals surface area contributed by atoms with Crippen LogP contribution >= 0.6 is 0 Å². The van der Waals surface area contributed by atoms with Gasteiger partial charge in [-0.2, -0.15) is 0 Å². The third kappa shape index (κ3) is 3.09. The van der Waals surface area contributed by atoms with Crippen LogP contribution in [0.2, 0.25) is 0 Å². The zero-order chi connectivity index (χ0) is 13.2. The highest BCUT2D eigenvalue weighted by atomic mass is 16.5. The Balaban J connectivity index is 1.50. The molecule has 5 heteroatoms. The van der Waals surface area contributed by atoms with Gasteiger partial charge in [0, 0.05) is 31.2 Å². The van der Waals surface area contributed by atoms with Crippen molar-refractivity contribution in [1.29, 1.82) is 0 Å². The second-order valence-electron chi connectivity index (χ2n) is 6.07. The minimum Gasteiger partial charge on any atom is -0.366 e. The van der Waals surface area contributed by atoms with Gasteiger partial charge in [0.15, 0.2) is 0 Å². The van der Waals surface area contributed by atoms with Gasteiger partial charge in [-0.1, -0.05) is 6.92 Å². The van der Waals surface area contributed by atoms with Crippen molar-refractivity contribution >= 4 is 5.91 Å². The van der Waals surface area contributed by atoms with Gasteiger partial charge in [0.2, 0.25) is 0 Å². The fraction of sp³-hybridized carbons (Fsp3) is 0.929. The van der Waals surface area contributed by atoms with E-state index in [1.165, 1.54) is 12.8 Å². The van der Waals surface area contributed by atoms with Crippen molar-refractivity contribution in [2.75, 3.05) is 26.2 Å². The number of nitrogens with one attached hydrogen (secondary N) is 2. The summed E-state index contributed by atoms with van der Waals surface area (Å²) >= 11 is 0. The first kappa shape index (κ1) is 13.3. The molecule has 0 aromatic heterocycles. The smallest absolute Gasteiger partial charge is 0.250 e. The van der Waals surface area contributed by atoms with E-state index in [1.807, 2.05) is 0 Å². The molecule has 3 saturated heterocycles. The van der Waals surface area contributed by atoms with Crippen LogP contribution in [-0.2, 0) is 9.53 Å². The zero-order valence-electron chi connectivity index (χ0n) is 11.7. The van der Waals surface area contributed by atoms with Crippen molar-refractivity contribution < 1.29 is 9.53 Å². The van der Waals surface area contributed by atoms with E-state index in [0.29, 0.717) is 24.7 Å². The molecule has 3 aliphatic heterocycles. The first-order chi connectivity index (χ1) is 9.24. The van der Waals surface area contributed by atoms with Crippen molar-refractivity contribution in [2.24, 2.45) is 0 Å². The molecule has 3 unspecified atom stereocenters. The number of hydrogen-bond donors (Lipinski definition) is 2. The second-order valence-corrected chi connectivity index (χ2v) is 6.07. The maximum absolute atomic E-state index is 12.3. The van der Waals surface area contributed by atoms with E-state index < -0.39 is 0 Å². The van der Waals surface area contributed by atoms with Crippen molar-refractivity contribution in [2.45, 2.75) is 56.8 Å². The SMILES string of the molecule is CCN1CCOC(C(=O)NC2CC3CCC(C2)N3)C1. The summed E-state index contributed by atoms with van der Waals surface area (Å²) in [4.78, 5) is 14.6. The van der Waals surface area contributed by atoms with E-state index in [0.717, 1.165) is 32.5 Å². The van der Waals surface area contributed by atoms with Crippen LogP contribution in [0.3, 0.4) is 0 Å². The molecule has 0 saturated carbocycles. The molecule has 2 N–H and O–H groups in total. The van der Waals surface area contributed by atoms with Gasteiger partial charge in [-0.25, -0.2) is 0 Å².